The summed E-state index contributed by atoms with van der Waals surface area (Å²) >= 11 is 9.25. The molecule has 120 valence electrons. The van der Waals surface area contributed by atoms with E-state index in [4.69, 9.17) is 21.2 Å². The number of anilines is 1. The van der Waals surface area contributed by atoms with Crippen molar-refractivity contribution in [1.29, 1.82) is 0 Å². The number of amides is 1. The number of carbonyl (C=O) groups is 1. The molecule has 23 heavy (non-hydrogen) atoms. The Morgan fingerprint density at radius 1 is 1.30 bits per heavy atom. The SMILES string of the molecule is COc1ccc(Cl)cc1NC(=O)/C=N\OCc1ccc(Br)cc1. The minimum absolute atomic E-state index is 0.275. The van der Waals surface area contributed by atoms with E-state index in [0.717, 1.165) is 16.3 Å². The molecule has 0 bridgehead atoms. The van der Waals surface area contributed by atoms with E-state index in [1.165, 1.54) is 7.11 Å². The molecule has 0 radical (unpaired) electrons. The number of carbonyl (C=O) groups excluding carboxylic acids is 1. The van der Waals surface area contributed by atoms with E-state index in [1.54, 1.807) is 18.2 Å². The maximum absolute atomic E-state index is 11.8. The smallest absolute Gasteiger partial charge is 0.270 e. The number of hydrogen-bond donors (Lipinski definition) is 1. The van der Waals surface area contributed by atoms with E-state index in [1.807, 2.05) is 24.3 Å². The van der Waals surface area contributed by atoms with Crippen LogP contribution in [0.1, 0.15) is 5.56 Å². The van der Waals surface area contributed by atoms with Crippen LogP contribution in [0.25, 0.3) is 0 Å². The predicted molar refractivity (Wildman–Crippen MR) is 94.1 cm³/mol. The monoisotopic (exact) mass is 396 g/mol. The molecule has 2 aromatic rings. The van der Waals surface area contributed by atoms with E-state index in [-0.39, 0.29) is 6.61 Å². The van der Waals surface area contributed by atoms with Crippen LogP contribution >= 0.6 is 27.5 Å². The zero-order valence-corrected chi connectivity index (χ0v) is 14.6. The van der Waals surface area contributed by atoms with Crippen LogP contribution in [-0.2, 0) is 16.2 Å². The number of rotatable bonds is 6. The summed E-state index contributed by atoms with van der Waals surface area (Å²) in [7, 11) is 1.51. The number of methoxy groups -OCH3 is 1. The minimum Gasteiger partial charge on any atom is -0.495 e. The summed E-state index contributed by atoms with van der Waals surface area (Å²) in [6.07, 6.45) is 1.05. The van der Waals surface area contributed by atoms with Crippen molar-refractivity contribution in [1.82, 2.24) is 0 Å². The lowest BCUT2D eigenvalue weighted by Gasteiger charge is -2.08. The first-order chi connectivity index (χ1) is 11.1. The van der Waals surface area contributed by atoms with Crippen molar-refractivity contribution in [2.24, 2.45) is 5.16 Å². The standard InChI is InChI=1S/C16H14BrClN2O3/c1-22-15-7-6-13(18)8-14(15)20-16(21)9-19-23-10-11-2-4-12(17)5-3-11/h2-9H,10H2,1H3,(H,20,21)/b19-9-. The van der Waals surface area contributed by atoms with E-state index >= 15 is 0 Å². The summed E-state index contributed by atoms with van der Waals surface area (Å²) < 4.78 is 6.13. The van der Waals surface area contributed by atoms with Crippen molar-refractivity contribution in [3.05, 3.63) is 57.5 Å². The lowest BCUT2D eigenvalue weighted by molar-refractivity contribution is -0.110. The Kier molecular flexibility index (Phi) is 6.43. The van der Waals surface area contributed by atoms with E-state index in [0.29, 0.717) is 16.5 Å². The van der Waals surface area contributed by atoms with Gasteiger partial charge in [-0.25, -0.2) is 0 Å². The van der Waals surface area contributed by atoms with Gasteiger partial charge in [-0.1, -0.05) is 44.8 Å². The van der Waals surface area contributed by atoms with E-state index < -0.39 is 5.91 Å². The predicted octanol–water partition coefficient (Wildman–Crippen LogP) is 4.25. The quantitative estimate of drug-likeness (QED) is 0.585. The molecule has 0 unspecified atom stereocenters. The first-order valence-corrected chi connectivity index (χ1v) is 7.80. The Labute approximate surface area is 147 Å². The second-order valence-corrected chi connectivity index (χ2v) is 5.82. The third-order valence-corrected chi connectivity index (χ3v) is 3.57. The molecule has 0 aromatic heterocycles. The number of hydrogen-bond acceptors (Lipinski definition) is 4. The molecule has 0 spiro atoms. The summed E-state index contributed by atoms with van der Waals surface area (Å²) in [4.78, 5) is 16.9. The molecule has 0 aliphatic carbocycles. The fourth-order valence-electron chi connectivity index (χ4n) is 1.72. The van der Waals surface area contributed by atoms with Crippen molar-refractivity contribution < 1.29 is 14.4 Å². The molecule has 1 amide bonds. The summed E-state index contributed by atoms with van der Waals surface area (Å²) in [5.41, 5.74) is 1.41. The van der Waals surface area contributed by atoms with Gasteiger partial charge in [0, 0.05) is 9.50 Å². The molecule has 0 heterocycles. The van der Waals surface area contributed by atoms with Gasteiger partial charge in [-0.05, 0) is 35.9 Å². The Morgan fingerprint density at radius 3 is 2.74 bits per heavy atom. The Hall–Kier alpha value is -2.05. The fourth-order valence-corrected chi connectivity index (χ4v) is 2.16. The van der Waals surface area contributed by atoms with Crippen molar-refractivity contribution in [3.8, 4) is 5.75 Å². The molecule has 1 N–H and O–H groups in total. The summed E-state index contributed by atoms with van der Waals surface area (Å²) in [5.74, 6) is 0.0632. The van der Waals surface area contributed by atoms with Crippen LogP contribution in [0.5, 0.6) is 5.75 Å². The van der Waals surface area contributed by atoms with Crippen LogP contribution in [0.15, 0.2) is 52.1 Å². The average Bonchev–Trinajstić information content (AvgIpc) is 2.53. The number of ether oxygens (including phenoxy) is 1. The van der Waals surface area contributed by atoms with Gasteiger partial charge >= 0.3 is 0 Å². The summed E-state index contributed by atoms with van der Waals surface area (Å²) in [5, 5.41) is 6.76. The second-order valence-electron chi connectivity index (χ2n) is 4.47. The molecule has 0 saturated heterocycles. The average molecular weight is 398 g/mol. The molecule has 2 rings (SSSR count). The van der Waals surface area contributed by atoms with Gasteiger partial charge in [0.25, 0.3) is 5.91 Å². The van der Waals surface area contributed by atoms with E-state index in [9.17, 15) is 4.79 Å². The number of oxime groups is 1. The zero-order valence-electron chi connectivity index (χ0n) is 12.3. The van der Waals surface area contributed by atoms with Gasteiger partial charge in [0.15, 0.2) is 0 Å². The van der Waals surface area contributed by atoms with Crippen molar-refractivity contribution in [3.63, 3.8) is 0 Å². The highest BCUT2D eigenvalue weighted by Gasteiger charge is 2.06. The van der Waals surface area contributed by atoms with Crippen LogP contribution in [0.3, 0.4) is 0 Å². The highest BCUT2D eigenvalue weighted by molar-refractivity contribution is 9.10. The second kappa shape index (κ2) is 8.55. The molecule has 0 aliphatic heterocycles. The van der Waals surface area contributed by atoms with Crippen LogP contribution < -0.4 is 10.1 Å². The van der Waals surface area contributed by atoms with Gasteiger partial charge in [-0.2, -0.15) is 0 Å². The van der Waals surface area contributed by atoms with Gasteiger partial charge in [0.2, 0.25) is 0 Å². The normalized spacial score (nSPS) is 10.6. The van der Waals surface area contributed by atoms with E-state index in [2.05, 4.69) is 26.4 Å². The van der Waals surface area contributed by atoms with Crippen molar-refractivity contribution in [2.75, 3.05) is 12.4 Å². The minimum atomic E-state index is -0.443. The fraction of sp³-hybridized carbons (Fsp3) is 0.125. The topological polar surface area (TPSA) is 59.9 Å². The van der Waals surface area contributed by atoms with Crippen LogP contribution in [0.4, 0.5) is 5.69 Å². The first-order valence-electron chi connectivity index (χ1n) is 6.63. The van der Waals surface area contributed by atoms with Gasteiger partial charge in [-0.3, -0.25) is 4.79 Å². The number of nitrogens with zero attached hydrogens (tertiary/aromatic N) is 1. The van der Waals surface area contributed by atoms with Gasteiger partial charge in [0.1, 0.15) is 18.6 Å². The van der Waals surface area contributed by atoms with Gasteiger partial charge < -0.3 is 14.9 Å². The van der Waals surface area contributed by atoms with Gasteiger partial charge in [0.05, 0.1) is 12.8 Å². The van der Waals surface area contributed by atoms with Crippen LogP contribution in [0.2, 0.25) is 5.02 Å². The number of nitrogens with one attached hydrogen (secondary N) is 1. The lowest BCUT2D eigenvalue weighted by Crippen LogP contribution is -2.13. The molecule has 7 heteroatoms. The van der Waals surface area contributed by atoms with Crippen molar-refractivity contribution >= 4 is 45.3 Å². The molecule has 0 atom stereocenters. The third-order valence-electron chi connectivity index (χ3n) is 2.81. The van der Waals surface area contributed by atoms with Crippen molar-refractivity contribution in [2.45, 2.75) is 6.61 Å². The van der Waals surface area contributed by atoms with Crippen LogP contribution in [-0.4, -0.2) is 19.2 Å². The third kappa shape index (κ3) is 5.58. The Bertz CT molecular complexity index is 705. The molecular formula is C16H14BrClN2O3. The zero-order chi connectivity index (χ0) is 16.7. The first kappa shape index (κ1) is 17.3. The summed E-state index contributed by atoms with van der Waals surface area (Å²) in [6, 6.07) is 12.5. The summed E-state index contributed by atoms with van der Waals surface area (Å²) in [6.45, 7) is 0.275. The molecular weight excluding hydrogens is 384 g/mol. The van der Waals surface area contributed by atoms with Crippen LogP contribution in [0, 0.1) is 0 Å². The molecule has 2 aromatic carbocycles. The largest absolute Gasteiger partial charge is 0.495 e. The van der Waals surface area contributed by atoms with Gasteiger partial charge in [-0.15, -0.1) is 0 Å². The highest BCUT2D eigenvalue weighted by atomic mass is 79.9. The lowest BCUT2D eigenvalue weighted by atomic mass is 10.2. The maximum Gasteiger partial charge on any atom is 0.270 e. The maximum atomic E-state index is 11.8. The number of halogens is 2. The molecule has 0 fully saturated rings. The molecule has 0 aliphatic rings. The number of benzene rings is 2. The molecule has 0 saturated carbocycles. The Morgan fingerprint density at radius 2 is 2.04 bits per heavy atom. The Balaban J connectivity index is 1.87. The highest BCUT2D eigenvalue weighted by Crippen LogP contribution is 2.27. The molecule has 5 nitrogen and oxygen atoms in total.